The number of ether oxygens (including phenoxy) is 1. The van der Waals surface area contributed by atoms with Crippen LogP contribution in [0.15, 0.2) is 64.7 Å². The maximum Gasteiger partial charge on any atom is 0.387 e. The lowest BCUT2D eigenvalue weighted by molar-refractivity contribution is -0.115. The molecule has 0 aliphatic carbocycles. The van der Waals surface area contributed by atoms with Gasteiger partial charge in [0, 0.05) is 5.69 Å². The lowest BCUT2D eigenvalue weighted by Gasteiger charge is -2.13. The van der Waals surface area contributed by atoms with Crippen molar-refractivity contribution in [3.8, 4) is 11.4 Å². The number of rotatable bonds is 7. The zero-order valence-corrected chi connectivity index (χ0v) is 18.5. The van der Waals surface area contributed by atoms with Crippen molar-refractivity contribution in [2.75, 3.05) is 5.32 Å². The molecule has 4 aromatic rings. The van der Waals surface area contributed by atoms with Crippen LogP contribution in [0.1, 0.15) is 6.92 Å². The van der Waals surface area contributed by atoms with Crippen LogP contribution in [0.25, 0.3) is 16.7 Å². The summed E-state index contributed by atoms with van der Waals surface area (Å²) < 4.78 is 30.5. The van der Waals surface area contributed by atoms with Crippen molar-refractivity contribution in [3.05, 3.63) is 70.1 Å². The predicted molar refractivity (Wildman–Crippen MR) is 122 cm³/mol. The first kappa shape index (κ1) is 22.7. The fourth-order valence-corrected chi connectivity index (χ4v) is 3.96. The number of nitrogens with zero attached hydrogens (tertiary/aromatic N) is 3. The molecule has 4 rings (SSSR count). The van der Waals surface area contributed by atoms with Crippen LogP contribution in [-0.2, 0) is 4.79 Å². The lowest BCUT2D eigenvalue weighted by atomic mass is 10.3. The van der Waals surface area contributed by atoms with Crippen molar-refractivity contribution in [2.24, 2.45) is 0 Å². The number of amides is 1. The summed E-state index contributed by atoms with van der Waals surface area (Å²) in [4.78, 5) is 32.2. The number of anilines is 1. The number of H-pyrrole nitrogens is 1. The van der Waals surface area contributed by atoms with Gasteiger partial charge in [-0.2, -0.15) is 13.9 Å². The number of para-hydroxylation sites is 1. The SMILES string of the molecule is CC(Sc1nc2c(cnn2-c2ccccc2)c(=O)[nH]1)C(=O)Nc1ccc(OC(F)F)c(Cl)c1. The van der Waals surface area contributed by atoms with Gasteiger partial charge in [0.1, 0.15) is 11.1 Å². The molecule has 170 valence electrons. The number of benzene rings is 2. The Morgan fingerprint density at radius 2 is 2.00 bits per heavy atom. The van der Waals surface area contributed by atoms with Gasteiger partial charge in [0.25, 0.3) is 5.56 Å². The fraction of sp³-hybridized carbons (Fsp3) is 0.143. The van der Waals surface area contributed by atoms with Crippen LogP contribution >= 0.6 is 23.4 Å². The summed E-state index contributed by atoms with van der Waals surface area (Å²) in [6.07, 6.45) is 1.43. The van der Waals surface area contributed by atoms with E-state index in [0.29, 0.717) is 16.7 Å². The second-order valence-corrected chi connectivity index (χ2v) is 8.51. The molecule has 0 aliphatic heterocycles. The van der Waals surface area contributed by atoms with Gasteiger partial charge in [0.15, 0.2) is 10.8 Å². The molecule has 1 unspecified atom stereocenters. The Morgan fingerprint density at radius 1 is 1.24 bits per heavy atom. The highest BCUT2D eigenvalue weighted by atomic mass is 35.5. The van der Waals surface area contributed by atoms with Gasteiger partial charge in [-0.15, -0.1) is 0 Å². The summed E-state index contributed by atoms with van der Waals surface area (Å²) in [6, 6.07) is 13.2. The van der Waals surface area contributed by atoms with Crippen molar-refractivity contribution in [2.45, 2.75) is 23.9 Å². The number of carbonyl (C=O) groups excluding carboxylic acids is 1. The molecule has 1 atom stereocenters. The Bertz CT molecular complexity index is 1360. The van der Waals surface area contributed by atoms with Crippen LogP contribution in [0.5, 0.6) is 5.75 Å². The number of aromatic nitrogens is 4. The molecule has 0 bridgehead atoms. The van der Waals surface area contributed by atoms with Crippen LogP contribution in [0.2, 0.25) is 5.02 Å². The van der Waals surface area contributed by atoms with E-state index < -0.39 is 17.8 Å². The summed E-state index contributed by atoms with van der Waals surface area (Å²) in [6.45, 7) is -1.38. The summed E-state index contributed by atoms with van der Waals surface area (Å²) in [7, 11) is 0. The first-order valence-electron chi connectivity index (χ1n) is 9.57. The minimum Gasteiger partial charge on any atom is -0.433 e. The number of fused-ring (bicyclic) bond motifs is 1. The molecule has 12 heteroatoms. The van der Waals surface area contributed by atoms with Crippen molar-refractivity contribution >= 4 is 46.0 Å². The molecule has 8 nitrogen and oxygen atoms in total. The topological polar surface area (TPSA) is 102 Å². The van der Waals surface area contributed by atoms with E-state index in [-0.39, 0.29) is 21.5 Å². The molecule has 0 aliphatic rings. The second kappa shape index (κ2) is 9.59. The molecule has 0 fully saturated rings. The molecule has 0 saturated carbocycles. The molecule has 2 N–H and O–H groups in total. The highest BCUT2D eigenvalue weighted by molar-refractivity contribution is 8.00. The molecule has 0 spiro atoms. The third-order valence-corrected chi connectivity index (χ3v) is 5.77. The number of halogens is 3. The fourth-order valence-electron chi connectivity index (χ4n) is 2.95. The Labute approximate surface area is 194 Å². The highest BCUT2D eigenvalue weighted by Gasteiger charge is 2.19. The number of hydrogen-bond acceptors (Lipinski definition) is 6. The van der Waals surface area contributed by atoms with Gasteiger partial charge in [-0.3, -0.25) is 9.59 Å². The van der Waals surface area contributed by atoms with Crippen LogP contribution in [-0.4, -0.2) is 37.5 Å². The standard InChI is InChI=1S/C21H16ClF2N5O3S/c1-11(18(30)26-12-7-8-16(15(22)9-12)32-20(23)24)33-21-27-17-14(19(31)28-21)10-25-29(17)13-5-3-2-4-6-13/h2-11,20H,1H3,(H,26,30)(H,27,28,31). The highest BCUT2D eigenvalue weighted by Crippen LogP contribution is 2.29. The number of thioether (sulfide) groups is 1. The molecule has 2 aromatic heterocycles. The van der Waals surface area contributed by atoms with E-state index in [1.807, 2.05) is 30.3 Å². The third kappa shape index (κ3) is 5.15. The van der Waals surface area contributed by atoms with Gasteiger partial charge in [-0.25, -0.2) is 9.67 Å². The second-order valence-electron chi connectivity index (χ2n) is 6.77. The van der Waals surface area contributed by atoms with Crippen LogP contribution in [0.3, 0.4) is 0 Å². The molecular weight excluding hydrogens is 476 g/mol. The number of alkyl halides is 2. The molecule has 2 heterocycles. The van der Waals surface area contributed by atoms with Crippen LogP contribution in [0.4, 0.5) is 14.5 Å². The molecule has 0 saturated heterocycles. The largest absolute Gasteiger partial charge is 0.433 e. The Kier molecular flexibility index (Phi) is 6.61. The maximum absolute atomic E-state index is 12.6. The van der Waals surface area contributed by atoms with Gasteiger partial charge >= 0.3 is 6.61 Å². The zero-order valence-electron chi connectivity index (χ0n) is 17.0. The smallest absolute Gasteiger partial charge is 0.387 e. The number of carbonyl (C=O) groups is 1. The van der Waals surface area contributed by atoms with E-state index in [9.17, 15) is 18.4 Å². The normalized spacial score (nSPS) is 12.2. The zero-order chi connectivity index (χ0) is 23.5. The van der Waals surface area contributed by atoms with E-state index in [2.05, 4.69) is 25.1 Å². The van der Waals surface area contributed by atoms with E-state index in [1.54, 1.807) is 11.6 Å². The molecular formula is C21H16ClF2N5O3S. The number of hydrogen-bond donors (Lipinski definition) is 2. The first-order chi connectivity index (χ1) is 15.8. The average molecular weight is 492 g/mol. The van der Waals surface area contributed by atoms with Gasteiger partial charge < -0.3 is 15.0 Å². The van der Waals surface area contributed by atoms with Gasteiger partial charge in [0.2, 0.25) is 5.91 Å². The Balaban J connectivity index is 1.51. The quantitative estimate of drug-likeness (QED) is 0.292. The number of nitrogens with one attached hydrogen (secondary N) is 2. The Hall–Kier alpha value is -3.44. The summed E-state index contributed by atoms with van der Waals surface area (Å²) in [5, 5.41) is 6.72. The monoisotopic (exact) mass is 491 g/mol. The van der Waals surface area contributed by atoms with E-state index >= 15 is 0 Å². The van der Waals surface area contributed by atoms with Crippen LogP contribution in [0, 0.1) is 0 Å². The molecule has 33 heavy (non-hydrogen) atoms. The minimum atomic E-state index is -3.01. The van der Waals surface area contributed by atoms with E-state index in [4.69, 9.17) is 11.6 Å². The lowest BCUT2D eigenvalue weighted by Crippen LogP contribution is -2.23. The van der Waals surface area contributed by atoms with Gasteiger partial charge in [-0.1, -0.05) is 41.6 Å². The van der Waals surface area contributed by atoms with Crippen molar-refractivity contribution in [3.63, 3.8) is 0 Å². The van der Waals surface area contributed by atoms with Crippen LogP contribution < -0.4 is 15.6 Å². The van der Waals surface area contributed by atoms with Gasteiger partial charge in [-0.05, 0) is 37.3 Å². The summed E-state index contributed by atoms with van der Waals surface area (Å²) >= 11 is 6.97. The maximum atomic E-state index is 12.6. The number of aromatic amines is 1. The van der Waals surface area contributed by atoms with E-state index in [0.717, 1.165) is 17.4 Å². The van der Waals surface area contributed by atoms with Gasteiger partial charge in [0.05, 0.1) is 22.2 Å². The molecule has 2 aromatic carbocycles. The third-order valence-electron chi connectivity index (χ3n) is 4.49. The Morgan fingerprint density at radius 3 is 2.70 bits per heavy atom. The summed E-state index contributed by atoms with van der Waals surface area (Å²) in [5.41, 5.74) is 1.03. The molecule has 1 amide bonds. The molecule has 0 radical (unpaired) electrons. The average Bonchev–Trinajstić information content (AvgIpc) is 3.20. The first-order valence-corrected chi connectivity index (χ1v) is 10.8. The summed E-state index contributed by atoms with van der Waals surface area (Å²) in [5.74, 6) is -0.602. The van der Waals surface area contributed by atoms with Crippen molar-refractivity contribution < 1.29 is 18.3 Å². The minimum absolute atomic E-state index is 0.0703. The van der Waals surface area contributed by atoms with Crippen molar-refractivity contribution in [1.82, 2.24) is 19.7 Å². The van der Waals surface area contributed by atoms with Crippen molar-refractivity contribution in [1.29, 1.82) is 0 Å². The van der Waals surface area contributed by atoms with E-state index in [1.165, 1.54) is 24.4 Å². The predicted octanol–water partition coefficient (Wildman–Crippen LogP) is 4.48.